The van der Waals surface area contributed by atoms with E-state index in [2.05, 4.69) is 11.8 Å². The average Bonchev–Trinajstić information content (AvgIpc) is 3.05. The van der Waals surface area contributed by atoms with Crippen LogP contribution in [0.5, 0.6) is 0 Å². The van der Waals surface area contributed by atoms with Crippen LogP contribution in [0.15, 0.2) is 24.3 Å². The second-order valence-electron chi connectivity index (χ2n) is 8.76. The zero-order chi connectivity index (χ0) is 20.6. The fourth-order valence-electron chi connectivity index (χ4n) is 5.00. The van der Waals surface area contributed by atoms with E-state index in [9.17, 15) is 14.0 Å². The first-order chi connectivity index (χ1) is 13.9. The van der Waals surface area contributed by atoms with Crippen molar-refractivity contribution in [1.82, 2.24) is 14.7 Å². The van der Waals surface area contributed by atoms with Crippen molar-refractivity contribution in [2.24, 2.45) is 5.92 Å². The molecule has 7 heteroatoms. The van der Waals surface area contributed by atoms with E-state index in [1.165, 1.54) is 12.1 Å². The van der Waals surface area contributed by atoms with Crippen LogP contribution >= 0.6 is 0 Å². The van der Waals surface area contributed by atoms with Gasteiger partial charge in [0, 0.05) is 26.2 Å². The van der Waals surface area contributed by atoms with Gasteiger partial charge in [-0.05, 0) is 44.4 Å². The van der Waals surface area contributed by atoms with Crippen molar-refractivity contribution in [1.29, 1.82) is 0 Å². The van der Waals surface area contributed by atoms with Crippen LogP contribution in [0.2, 0.25) is 0 Å². The number of amides is 2. The Morgan fingerprint density at radius 3 is 2.59 bits per heavy atom. The summed E-state index contributed by atoms with van der Waals surface area (Å²) in [5.74, 6) is -0.702. The number of benzene rings is 1. The van der Waals surface area contributed by atoms with Crippen LogP contribution in [0, 0.1) is 11.7 Å². The second-order valence-corrected chi connectivity index (χ2v) is 8.76. The Bertz CT molecular complexity index is 780. The fourth-order valence-corrected chi connectivity index (χ4v) is 5.00. The average molecular weight is 403 g/mol. The first kappa shape index (κ1) is 20.3. The summed E-state index contributed by atoms with van der Waals surface area (Å²) in [7, 11) is 2.03. The molecule has 1 saturated carbocycles. The summed E-state index contributed by atoms with van der Waals surface area (Å²) in [6, 6.07) is 5.31. The highest BCUT2D eigenvalue weighted by molar-refractivity contribution is 5.98. The molecule has 1 aromatic carbocycles. The molecule has 1 aromatic rings. The molecule has 2 aliphatic heterocycles. The number of nitrogens with zero attached hydrogens (tertiary/aromatic N) is 3. The molecule has 0 radical (unpaired) electrons. The Morgan fingerprint density at radius 1 is 1.17 bits per heavy atom. The third-order valence-corrected chi connectivity index (χ3v) is 6.62. The van der Waals surface area contributed by atoms with Crippen LogP contribution in [-0.2, 0) is 9.53 Å². The zero-order valence-corrected chi connectivity index (χ0v) is 17.3. The minimum Gasteiger partial charge on any atom is -0.353 e. The lowest BCUT2D eigenvalue weighted by Gasteiger charge is -2.44. The normalized spacial score (nSPS) is 30.7. The van der Waals surface area contributed by atoms with Gasteiger partial charge in [-0.1, -0.05) is 25.5 Å². The van der Waals surface area contributed by atoms with Gasteiger partial charge < -0.3 is 14.5 Å². The molecule has 3 aliphatic rings. The molecule has 2 heterocycles. The van der Waals surface area contributed by atoms with Gasteiger partial charge in [0.25, 0.3) is 5.91 Å². The first-order valence-corrected chi connectivity index (χ1v) is 10.6. The van der Waals surface area contributed by atoms with Gasteiger partial charge in [0.2, 0.25) is 5.91 Å². The van der Waals surface area contributed by atoms with Crippen molar-refractivity contribution >= 4 is 11.8 Å². The quantitative estimate of drug-likeness (QED) is 0.761. The van der Waals surface area contributed by atoms with Gasteiger partial charge in [0.05, 0.1) is 12.2 Å². The first-order valence-electron chi connectivity index (χ1n) is 10.6. The molecule has 1 aliphatic carbocycles. The summed E-state index contributed by atoms with van der Waals surface area (Å²) in [6.07, 6.45) is 3.37. The van der Waals surface area contributed by atoms with Gasteiger partial charge in [0.15, 0.2) is 0 Å². The molecule has 158 valence electrons. The number of hydrogen-bond donors (Lipinski definition) is 0. The molecular formula is C22H30FN3O3. The van der Waals surface area contributed by atoms with Crippen LogP contribution in [0.3, 0.4) is 0 Å². The lowest BCUT2D eigenvalue weighted by atomic mass is 9.83. The number of hydrogen-bond acceptors (Lipinski definition) is 4. The van der Waals surface area contributed by atoms with Crippen LogP contribution in [0.25, 0.3) is 0 Å². The molecule has 3 fully saturated rings. The highest BCUT2D eigenvalue weighted by Gasteiger charge is 2.55. The van der Waals surface area contributed by atoms with Gasteiger partial charge in [-0.15, -0.1) is 0 Å². The van der Waals surface area contributed by atoms with Crippen LogP contribution in [0.4, 0.5) is 4.39 Å². The van der Waals surface area contributed by atoms with Crippen molar-refractivity contribution in [3.8, 4) is 0 Å². The van der Waals surface area contributed by atoms with Gasteiger partial charge in [-0.2, -0.15) is 0 Å². The Kier molecular flexibility index (Phi) is 5.62. The predicted octanol–water partition coefficient (Wildman–Crippen LogP) is 2.35. The van der Waals surface area contributed by atoms with Crippen molar-refractivity contribution in [2.45, 2.75) is 44.4 Å². The van der Waals surface area contributed by atoms with Crippen molar-refractivity contribution in [2.75, 3.05) is 39.8 Å². The topological polar surface area (TPSA) is 53.1 Å². The third-order valence-electron chi connectivity index (χ3n) is 6.62. The SMILES string of the molecule is C[C@H]1CCC[C@]2(C1)OC[C@@H](C(=O)N1CCN(C)CC1)N2C(=O)c1ccccc1F. The molecule has 4 rings (SSSR count). The maximum Gasteiger partial charge on any atom is 0.259 e. The third kappa shape index (κ3) is 3.78. The number of ether oxygens (including phenoxy) is 1. The summed E-state index contributed by atoms with van der Waals surface area (Å²) in [6.45, 7) is 5.21. The second kappa shape index (κ2) is 8.03. The van der Waals surface area contributed by atoms with E-state index >= 15 is 0 Å². The number of piperazine rings is 1. The van der Waals surface area contributed by atoms with Crippen molar-refractivity contribution in [3.05, 3.63) is 35.6 Å². The summed E-state index contributed by atoms with van der Waals surface area (Å²) in [5.41, 5.74) is -0.809. The number of likely N-dealkylation sites (N-methyl/N-ethyl adjacent to an activating group) is 1. The van der Waals surface area contributed by atoms with Crippen LogP contribution in [0.1, 0.15) is 43.0 Å². The van der Waals surface area contributed by atoms with Gasteiger partial charge in [-0.3, -0.25) is 14.5 Å². The van der Waals surface area contributed by atoms with Gasteiger partial charge in [-0.25, -0.2) is 4.39 Å². The molecule has 2 amide bonds. The molecule has 0 N–H and O–H groups in total. The van der Waals surface area contributed by atoms with E-state index in [4.69, 9.17) is 4.74 Å². The largest absolute Gasteiger partial charge is 0.353 e. The maximum absolute atomic E-state index is 14.5. The molecule has 6 nitrogen and oxygen atoms in total. The maximum atomic E-state index is 14.5. The van der Waals surface area contributed by atoms with Gasteiger partial charge in [0.1, 0.15) is 17.6 Å². The highest BCUT2D eigenvalue weighted by Crippen LogP contribution is 2.43. The number of rotatable bonds is 2. The van der Waals surface area contributed by atoms with E-state index in [1.54, 1.807) is 17.0 Å². The van der Waals surface area contributed by atoms with Gasteiger partial charge >= 0.3 is 0 Å². The van der Waals surface area contributed by atoms with Crippen molar-refractivity contribution in [3.63, 3.8) is 0 Å². The molecule has 2 saturated heterocycles. The summed E-state index contributed by atoms with van der Waals surface area (Å²) < 4.78 is 20.7. The Labute approximate surface area is 171 Å². The summed E-state index contributed by atoms with van der Waals surface area (Å²) in [5, 5.41) is 0. The summed E-state index contributed by atoms with van der Waals surface area (Å²) in [4.78, 5) is 32.5. The smallest absolute Gasteiger partial charge is 0.259 e. The summed E-state index contributed by atoms with van der Waals surface area (Å²) >= 11 is 0. The number of carbonyl (C=O) groups is 2. The molecule has 1 spiro atoms. The zero-order valence-electron chi connectivity index (χ0n) is 17.3. The molecule has 0 bridgehead atoms. The van der Waals surface area contributed by atoms with E-state index in [0.717, 1.165) is 25.9 Å². The van der Waals surface area contributed by atoms with Crippen LogP contribution < -0.4 is 0 Å². The predicted molar refractivity (Wildman–Crippen MR) is 107 cm³/mol. The van der Waals surface area contributed by atoms with E-state index < -0.39 is 23.5 Å². The van der Waals surface area contributed by atoms with E-state index in [1.807, 2.05) is 11.9 Å². The molecule has 0 unspecified atom stereocenters. The monoisotopic (exact) mass is 403 g/mol. The number of carbonyl (C=O) groups excluding carboxylic acids is 2. The molecule has 0 aromatic heterocycles. The minimum atomic E-state index is -0.816. The fraction of sp³-hybridized carbons (Fsp3) is 0.636. The lowest BCUT2D eigenvalue weighted by Crippen LogP contribution is -2.59. The highest BCUT2D eigenvalue weighted by atomic mass is 19.1. The van der Waals surface area contributed by atoms with E-state index in [-0.39, 0.29) is 18.1 Å². The molecular weight excluding hydrogens is 373 g/mol. The lowest BCUT2D eigenvalue weighted by molar-refractivity contribution is -0.139. The molecule has 3 atom stereocenters. The Balaban J connectivity index is 1.66. The van der Waals surface area contributed by atoms with E-state index in [0.29, 0.717) is 31.8 Å². The Hall–Kier alpha value is -1.99. The minimum absolute atomic E-state index is 0.00628. The Morgan fingerprint density at radius 2 is 1.90 bits per heavy atom. The van der Waals surface area contributed by atoms with Crippen molar-refractivity contribution < 1.29 is 18.7 Å². The standard InChI is InChI=1S/C22H30FN3O3/c1-16-6-5-9-22(14-16)26(20(27)17-7-3-4-8-18(17)23)19(15-29-22)21(28)25-12-10-24(2)11-13-25/h3-4,7-8,16,19H,5-6,9-15H2,1-2H3/t16-,19-,22+/m0/s1. The number of halogens is 1. The molecule has 29 heavy (non-hydrogen) atoms. The van der Waals surface area contributed by atoms with Crippen LogP contribution in [-0.4, -0.2) is 78.1 Å².